The van der Waals surface area contributed by atoms with E-state index in [0.29, 0.717) is 27.1 Å². The maximum atomic E-state index is 13.6. The van der Waals surface area contributed by atoms with E-state index in [9.17, 15) is 18.0 Å². The molecule has 0 aliphatic rings. The second-order valence-electron chi connectivity index (χ2n) is 9.11. The summed E-state index contributed by atoms with van der Waals surface area (Å²) in [6, 6.07) is 21.7. The number of benzene rings is 3. The zero-order valence-corrected chi connectivity index (χ0v) is 24.4. The van der Waals surface area contributed by atoms with Gasteiger partial charge in [-0.3, -0.25) is 9.59 Å². The number of amides is 2. The Morgan fingerprint density at radius 3 is 2.34 bits per heavy atom. The third-order valence-electron chi connectivity index (χ3n) is 5.97. The summed E-state index contributed by atoms with van der Waals surface area (Å²) < 4.78 is 34.2. The van der Waals surface area contributed by atoms with E-state index in [-0.39, 0.29) is 23.7 Å². The molecule has 0 saturated heterocycles. The Morgan fingerprint density at radius 2 is 1.63 bits per heavy atom. The number of para-hydroxylation sites is 1. The Morgan fingerprint density at radius 1 is 0.902 bits per heavy atom. The van der Waals surface area contributed by atoms with Crippen molar-refractivity contribution in [3.63, 3.8) is 0 Å². The van der Waals surface area contributed by atoms with E-state index in [1.165, 1.54) is 10.5 Å². The molecule has 1 aromatic heterocycles. The van der Waals surface area contributed by atoms with Crippen LogP contribution in [0.5, 0.6) is 0 Å². The first-order chi connectivity index (χ1) is 19.5. The fourth-order valence-electron chi connectivity index (χ4n) is 3.75. The van der Waals surface area contributed by atoms with Gasteiger partial charge in [0, 0.05) is 12.2 Å². The number of halogens is 2. The lowest BCUT2D eigenvalue weighted by Gasteiger charge is -2.22. The van der Waals surface area contributed by atoms with E-state index >= 15 is 0 Å². The number of carbonyl (C=O) groups excluding carboxylic acids is 2. The normalized spacial score (nSPS) is 11.6. The number of nitrogens with zero attached hydrogens (tertiary/aromatic N) is 2. The Bertz CT molecular complexity index is 1700. The number of furan rings is 1. The van der Waals surface area contributed by atoms with Crippen molar-refractivity contribution in [3.8, 4) is 0 Å². The van der Waals surface area contributed by atoms with Gasteiger partial charge in [0.25, 0.3) is 0 Å². The standard InChI is InChI=1S/C29H26Cl2N4O5S/c1-19-7-12-24(13-8-19)41(38,39)35(17-21-9-14-25(30)26(31)15-21)18-23-11-10-22(40-23)16-32-34-29(37)28(36)33-27-6-4-3-5-20(27)2/h3-16H,17-18H2,1-2H3,(H,33,36)(H,34,37)/b32-16+. The third-order valence-corrected chi connectivity index (χ3v) is 8.52. The molecule has 212 valence electrons. The van der Waals surface area contributed by atoms with E-state index in [1.54, 1.807) is 79.7 Å². The predicted octanol–water partition coefficient (Wildman–Crippen LogP) is 5.68. The minimum absolute atomic E-state index is 0.00325. The highest BCUT2D eigenvalue weighted by Gasteiger charge is 2.26. The number of carbonyl (C=O) groups is 2. The molecule has 0 radical (unpaired) electrons. The number of hydrazone groups is 1. The van der Waals surface area contributed by atoms with Gasteiger partial charge in [-0.1, -0.05) is 65.2 Å². The van der Waals surface area contributed by atoms with Crippen molar-refractivity contribution < 1.29 is 22.4 Å². The molecule has 12 heteroatoms. The summed E-state index contributed by atoms with van der Waals surface area (Å²) in [5.74, 6) is -1.28. The number of nitrogens with one attached hydrogen (secondary N) is 2. The molecule has 0 aliphatic heterocycles. The Kier molecular flexibility index (Phi) is 9.61. The minimum Gasteiger partial charge on any atom is -0.459 e. The lowest BCUT2D eigenvalue weighted by molar-refractivity contribution is -0.136. The van der Waals surface area contributed by atoms with Gasteiger partial charge in [0.2, 0.25) is 10.0 Å². The van der Waals surface area contributed by atoms with Crippen molar-refractivity contribution in [1.29, 1.82) is 0 Å². The Balaban J connectivity index is 1.47. The molecule has 0 saturated carbocycles. The molecule has 0 atom stereocenters. The lowest BCUT2D eigenvalue weighted by Crippen LogP contribution is -2.32. The van der Waals surface area contributed by atoms with Crippen LogP contribution in [0.15, 0.2) is 93.3 Å². The largest absolute Gasteiger partial charge is 0.459 e. The second kappa shape index (κ2) is 13.1. The van der Waals surface area contributed by atoms with Crippen LogP contribution < -0.4 is 10.7 Å². The smallest absolute Gasteiger partial charge is 0.329 e. The van der Waals surface area contributed by atoms with Crippen LogP contribution in [0, 0.1) is 13.8 Å². The number of hydrogen-bond donors (Lipinski definition) is 2. The summed E-state index contributed by atoms with van der Waals surface area (Å²) in [5, 5.41) is 6.95. The zero-order valence-electron chi connectivity index (χ0n) is 22.1. The van der Waals surface area contributed by atoms with Gasteiger partial charge in [-0.2, -0.15) is 9.41 Å². The fraction of sp³-hybridized carbons (Fsp3) is 0.138. The summed E-state index contributed by atoms with van der Waals surface area (Å²) in [6.07, 6.45) is 1.21. The molecule has 41 heavy (non-hydrogen) atoms. The van der Waals surface area contributed by atoms with Gasteiger partial charge >= 0.3 is 11.8 Å². The van der Waals surface area contributed by atoms with Crippen molar-refractivity contribution in [2.75, 3.05) is 5.32 Å². The van der Waals surface area contributed by atoms with Gasteiger partial charge in [0.05, 0.1) is 27.7 Å². The van der Waals surface area contributed by atoms with Crippen LogP contribution in [0.3, 0.4) is 0 Å². The van der Waals surface area contributed by atoms with E-state index in [2.05, 4.69) is 15.8 Å². The van der Waals surface area contributed by atoms with Crippen LogP contribution in [-0.2, 0) is 32.7 Å². The summed E-state index contributed by atoms with van der Waals surface area (Å²) in [6.45, 7) is 3.57. The number of sulfonamides is 1. The third kappa shape index (κ3) is 7.83. The molecular formula is C29H26Cl2N4O5S. The van der Waals surface area contributed by atoms with Crippen molar-refractivity contribution in [2.45, 2.75) is 31.8 Å². The molecule has 0 unspecified atom stereocenters. The molecule has 0 spiro atoms. The molecule has 2 amide bonds. The molecule has 0 fully saturated rings. The quantitative estimate of drug-likeness (QED) is 0.143. The monoisotopic (exact) mass is 612 g/mol. The highest BCUT2D eigenvalue weighted by Crippen LogP contribution is 2.26. The minimum atomic E-state index is -3.93. The van der Waals surface area contributed by atoms with E-state index in [1.807, 2.05) is 13.0 Å². The molecule has 4 rings (SSSR count). The molecular weight excluding hydrogens is 587 g/mol. The number of aryl methyl sites for hydroxylation is 2. The van der Waals surface area contributed by atoms with Gasteiger partial charge in [0.1, 0.15) is 11.5 Å². The van der Waals surface area contributed by atoms with Crippen LogP contribution in [-0.4, -0.2) is 30.8 Å². The van der Waals surface area contributed by atoms with Crippen molar-refractivity contribution >= 4 is 56.9 Å². The van der Waals surface area contributed by atoms with Crippen LogP contribution >= 0.6 is 23.2 Å². The Labute approximate surface area is 247 Å². The first-order valence-corrected chi connectivity index (χ1v) is 14.5. The van der Waals surface area contributed by atoms with Gasteiger partial charge in [-0.05, 0) is 67.4 Å². The highest BCUT2D eigenvalue weighted by molar-refractivity contribution is 7.89. The van der Waals surface area contributed by atoms with Crippen LogP contribution in [0.25, 0.3) is 0 Å². The molecule has 1 heterocycles. The molecule has 4 aromatic rings. The maximum absolute atomic E-state index is 13.6. The van der Waals surface area contributed by atoms with Crippen LogP contribution in [0.2, 0.25) is 10.0 Å². The van der Waals surface area contributed by atoms with Crippen molar-refractivity contribution in [1.82, 2.24) is 9.73 Å². The summed E-state index contributed by atoms with van der Waals surface area (Å²) in [7, 11) is -3.93. The van der Waals surface area contributed by atoms with E-state index in [4.69, 9.17) is 27.6 Å². The van der Waals surface area contributed by atoms with Crippen LogP contribution in [0.4, 0.5) is 5.69 Å². The second-order valence-corrected chi connectivity index (χ2v) is 11.9. The van der Waals surface area contributed by atoms with Gasteiger partial charge in [-0.25, -0.2) is 13.8 Å². The summed E-state index contributed by atoms with van der Waals surface area (Å²) >= 11 is 12.2. The van der Waals surface area contributed by atoms with Gasteiger partial charge < -0.3 is 9.73 Å². The average molecular weight is 614 g/mol. The van der Waals surface area contributed by atoms with Gasteiger partial charge in [-0.15, -0.1) is 0 Å². The topological polar surface area (TPSA) is 121 Å². The molecule has 3 aromatic carbocycles. The SMILES string of the molecule is Cc1ccc(S(=O)(=O)N(Cc2ccc(Cl)c(Cl)c2)Cc2ccc(/C=N/NC(=O)C(=O)Nc3ccccc3C)o2)cc1. The molecule has 0 bridgehead atoms. The molecule has 0 aliphatic carbocycles. The first-order valence-electron chi connectivity index (χ1n) is 12.3. The van der Waals surface area contributed by atoms with Gasteiger partial charge in [0.15, 0.2) is 0 Å². The highest BCUT2D eigenvalue weighted by atomic mass is 35.5. The van der Waals surface area contributed by atoms with Crippen molar-refractivity contribution in [3.05, 3.63) is 117 Å². The molecule has 9 nitrogen and oxygen atoms in total. The Hall–Kier alpha value is -3.96. The molecule has 2 N–H and O–H groups in total. The average Bonchev–Trinajstić information content (AvgIpc) is 3.39. The first kappa shape index (κ1) is 30.0. The number of anilines is 1. The fourth-order valence-corrected chi connectivity index (χ4v) is 5.46. The number of rotatable bonds is 9. The zero-order chi connectivity index (χ0) is 29.6. The summed E-state index contributed by atoms with van der Waals surface area (Å²) in [4.78, 5) is 24.4. The predicted molar refractivity (Wildman–Crippen MR) is 158 cm³/mol. The number of hydrogen-bond acceptors (Lipinski definition) is 6. The van der Waals surface area contributed by atoms with Crippen LogP contribution in [0.1, 0.15) is 28.2 Å². The summed E-state index contributed by atoms with van der Waals surface area (Å²) in [5.41, 5.74) is 5.02. The van der Waals surface area contributed by atoms with E-state index < -0.39 is 21.8 Å². The lowest BCUT2D eigenvalue weighted by atomic mass is 10.2. The van der Waals surface area contributed by atoms with E-state index in [0.717, 1.165) is 11.1 Å². The maximum Gasteiger partial charge on any atom is 0.329 e. The van der Waals surface area contributed by atoms with Crippen molar-refractivity contribution in [2.24, 2.45) is 5.10 Å².